The van der Waals surface area contributed by atoms with E-state index in [1.165, 1.54) is 25.1 Å². The van der Waals surface area contributed by atoms with E-state index < -0.39 is 29.1 Å². The lowest BCUT2D eigenvalue weighted by Gasteiger charge is -2.29. The molecule has 1 fully saturated rings. The number of anilines is 3. The molecule has 1 aromatic heterocycles. The van der Waals surface area contributed by atoms with Crippen molar-refractivity contribution in [3.63, 3.8) is 0 Å². The number of hydrogen-bond donors (Lipinski definition) is 0. The van der Waals surface area contributed by atoms with Crippen LogP contribution >= 0.6 is 11.3 Å². The van der Waals surface area contributed by atoms with Crippen LogP contribution in [-0.4, -0.2) is 29.8 Å². The fraction of sp³-hybridized carbons (Fsp3) is 0.240. The Morgan fingerprint density at radius 3 is 2.47 bits per heavy atom. The number of rotatable bonds is 6. The Morgan fingerprint density at radius 1 is 1.03 bits per heavy atom. The van der Waals surface area contributed by atoms with Crippen LogP contribution in [0.25, 0.3) is 6.08 Å². The maximum atomic E-state index is 14.6. The minimum atomic E-state index is -0.896. The van der Waals surface area contributed by atoms with E-state index in [9.17, 15) is 22.8 Å². The summed E-state index contributed by atoms with van der Waals surface area (Å²) in [5.41, 5.74) is 0.956. The lowest BCUT2D eigenvalue weighted by atomic mass is 10.1. The lowest BCUT2D eigenvalue weighted by Crippen LogP contribution is -2.30. The van der Waals surface area contributed by atoms with E-state index in [2.05, 4.69) is 4.98 Å². The summed E-state index contributed by atoms with van der Waals surface area (Å²) in [7, 11) is 0. The van der Waals surface area contributed by atoms with Crippen molar-refractivity contribution in [2.75, 3.05) is 22.9 Å². The van der Waals surface area contributed by atoms with Crippen LogP contribution in [0.2, 0.25) is 0 Å². The molecule has 9 heteroatoms. The Bertz CT molecular complexity index is 1250. The number of amides is 1. The van der Waals surface area contributed by atoms with Gasteiger partial charge in [0.2, 0.25) is 5.91 Å². The minimum absolute atomic E-state index is 0.126. The average Bonchev–Trinajstić information content (AvgIpc) is 3.28. The van der Waals surface area contributed by atoms with Crippen LogP contribution in [0.3, 0.4) is 0 Å². The number of allylic oxidation sites excluding steroid dienone is 1. The summed E-state index contributed by atoms with van der Waals surface area (Å²) in [6, 6.07) is 7.36. The van der Waals surface area contributed by atoms with E-state index in [0.29, 0.717) is 17.4 Å². The Balaban J connectivity index is 1.50. The molecule has 4 rings (SSSR count). The molecular formula is C25H22F3N3O2S. The second kappa shape index (κ2) is 10.2. The first-order valence-electron chi connectivity index (χ1n) is 10.8. The Kier molecular flexibility index (Phi) is 7.12. The first-order chi connectivity index (χ1) is 16.3. The molecule has 0 radical (unpaired) electrons. The maximum Gasteiger partial charge on any atom is 0.230 e. The summed E-state index contributed by atoms with van der Waals surface area (Å²) in [5, 5.41) is 1.76. The Labute approximate surface area is 199 Å². The monoisotopic (exact) mass is 485 g/mol. The number of aromatic nitrogens is 1. The van der Waals surface area contributed by atoms with Gasteiger partial charge in [-0.05, 0) is 61.7 Å². The Hall–Kier alpha value is -3.46. The normalized spacial score (nSPS) is 13.9. The zero-order valence-electron chi connectivity index (χ0n) is 18.4. The van der Waals surface area contributed by atoms with Crippen molar-refractivity contribution in [3.05, 3.63) is 76.6 Å². The zero-order chi connectivity index (χ0) is 24.2. The molecule has 2 heterocycles. The molecular weight excluding hydrogens is 463 g/mol. The number of hydrogen-bond acceptors (Lipinski definition) is 5. The van der Waals surface area contributed by atoms with Gasteiger partial charge in [-0.3, -0.25) is 14.5 Å². The van der Waals surface area contributed by atoms with Gasteiger partial charge in [-0.15, -0.1) is 11.3 Å². The van der Waals surface area contributed by atoms with Crippen LogP contribution in [0.5, 0.6) is 0 Å². The molecule has 0 aliphatic carbocycles. The van der Waals surface area contributed by atoms with Crippen LogP contribution < -0.4 is 9.80 Å². The van der Waals surface area contributed by atoms with Crippen LogP contribution in [0.1, 0.15) is 42.2 Å². The summed E-state index contributed by atoms with van der Waals surface area (Å²) >= 11 is 1.07. The number of benzene rings is 2. The smallest absolute Gasteiger partial charge is 0.230 e. The molecule has 1 saturated heterocycles. The number of nitrogens with zero attached hydrogens (tertiary/aromatic N) is 3. The number of thiazole rings is 1. The van der Waals surface area contributed by atoms with Crippen LogP contribution in [-0.2, 0) is 4.79 Å². The summed E-state index contributed by atoms with van der Waals surface area (Å²) in [6.45, 7) is 2.84. The minimum Gasteiger partial charge on any atom is -0.369 e. The molecule has 1 aliphatic rings. The third kappa shape index (κ3) is 5.20. The molecule has 3 aromatic rings. The molecule has 176 valence electrons. The highest BCUT2D eigenvalue weighted by Crippen LogP contribution is 2.31. The third-order valence-electron chi connectivity index (χ3n) is 5.50. The third-order valence-corrected chi connectivity index (χ3v) is 6.35. The summed E-state index contributed by atoms with van der Waals surface area (Å²) < 4.78 is 42.1. The van der Waals surface area contributed by atoms with E-state index in [-0.39, 0.29) is 16.4 Å². The quantitative estimate of drug-likeness (QED) is 0.311. The van der Waals surface area contributed by atoms with Crippen molar-refractivity contribution in [1.82, 2.24) is 4.98 Å². The zero-order valence-corrected chi connectivity index (χ0v) is 19.2. The molecule has 5 nitrogen and oxygen atoms in total. The van der Waals surface area contributed by atoms with Crippen LogP contribution in [0.15, 0.2) is 47.9 Å². The van der Waals surface area contributed by atoms with Gasteiger partial charge in [-0.25, -0.2) is 18.2 Å². The van der Waals surface area contributed by atoms with Crippen molar-refractivity contribution >= 4 is 45.6 Å². The molecule has 0 bridgehead atoms. The molecule has 0 saturated carbocycles. The standard InChI is InChI=1S/C25H22F3N3O2S/c1-16(32)31(23-9-6-18(26)14-21(23)28)25-29-19(15-34-25)7-10-24(33)17-5-8-22(20(27)13-17)30-11-3-2-4-12-30/h5-10,13-15H,2-4,11-12H2,1H3/b10-7+. The highest BCUT2D eigenvalue weighted by Gasteiger charge is 2.21. The van der Waals surface area contributed by atoms with E-state index in [4.69, 9.17) is 0 Å². The number of halogens is 3. The summed E-state index contributed by atoms with van der Waals surface area (Å²) in [4.78, 5) is 32.0. The molecule has 0 unspecified atom stereocenters. The topological polar surface area (TPSA) is 53.5 Å². The molecule has 0 N–H and O–H groups in total. The summed E-state index contributed by atoms with van der Waals surface area (Å²) in [6.07, 6.45) is 5.89. The lowest BCUT2D eigenvalue weighted by molar-refractivity contribution is -0.115. The maximum absolute atomic E-state index is 14.6. The van der Waals surface area contributed by atoms with E-state index >= 15 is 0 Å². The van der Waals surface area contributed by atoms with Gasteiger partial charge in [-0.1, -0.05) is 0 Å². The van der Waals surface area contributed by atoms with Gasteiger partial charge < -0.3 is 4.90 Å². The first-order valence-corrected chi connectivity index (χ1v) is 11.7. The summed E-state index contributed by atoms with van der Waals surface area (Å²) in [5.74, 6) is -2.99. The van der Waals surface area contributed by atoms with E-state index in [1.54, 1.807) is 17.5 Å². The van der Waals surface area contributed by atoms with Gasteiger partial charge in [0.15, 0.2) is 10.9 Å². The molecule has 34 heavy (non-hydrogen) atoms. The van der Waals surface area contributed by atoms with Gasteiger partial charge in [-0.2, -0.15) is 0 Å². The SMILES string of the molecule is CC(=O)N(c1nc(/C=C/C(=O)c2ccc(N3CCCCC3)c(F)c2)cs1)c1ccc(F)cc1F. The number of carbonyl (C=O) groups excluding carboxylic acids is 2. The average molecular weight is 486 g/mol. The predicted molar refractivity (Wildman–Crippen MR) is 127 cm³/mol. The fourth-order valence-electron chi connectivity index (χ4n) is 3.83. The molecule has 2 aromatic carbocycles. The first kappa shape index (κ1) is 23.7. The van der Waals surface area contributed by atoms with Gasteiger partial charge >= 0.3 is 0 Å². The number of piperidine rings is 1. The molecule has 0 atom stereocenters. The van der Waals surface area contributed by atoms with Crippen LogP contribution in [0.4, 0.5) is 29.7 Å². The second-order valence-corrected chi connectivity index (χ2v) is 8.75. The van der Waals surface area contributed by atoms with Crippen molar-refractivity contribution in [1.29, 1.82) is 0 Å². The van der Waals surface area contributed by atoms with Gasteiger partial charge in [0.1, 0.15) is 17.5 Å². The van der Waals surface area contributed by atoms with E-state index in [0.717, 1.165) is 60.7 Å². The highest BCUT2D eigenvalue weighted by molar-refractivity contribution is 7.14. The number of carbonyl (C=O) groups is 2. The van der Waals surface area contributed by atoms with Gasteiger partial charge in [0, 0.05) is 37.0 Å². The van der Waals surface area contributed by atoms with Crippen LogP contribution in [0, 0.1) is 17.5 Å². The Morgan fingerprint density at radius 2 is 1.79 bits per heavy atom. The largest absolute Gasteiger partial charge is 0.369 e. The second-order valence-electron chi connectivity index (χ2n) is 7.92. The number of ketones is 1. The molecule has 1 aliphatic heterocycles. The predicted octanol–water partition coefficient (Wildman–Crippen LogP) is 6.13. The van der Waals surface area contributed by atoms with Gasteiger partial charge in [0.25, 0.3) is 0 Å². The molecule has 0 spiro atoms. The van der Waals surface area contributed by atoms with Gasteiger partial charge in [0.05, 0.1) is 17.1 Å². The van der Waals surface area contributed by atoms with E-state index in [1.807, 2.05) is 4.90 Å². The van der Waals surface area contributed by atoms with Crippen molar-refractivity contribution in [2.24, 2.45) is 0 Å². The van der Waals surface area contributed by atoms with Crippen molar-refractivity contribution in [2.45, 2.75) is 26.2 Å². The molecule has 1 amide bonds. The van der Waals surface area contributed by atoms with Crippen molar-refractivity contribution < 1.29 is 22.8 Å². The van der Waals surface area contributed by atoms with Crippen molar-refractivity contribution in [3.8, 4) is 0 Å². The fourth-order valence-corrected chi connectivity index (χ4v) is 4.68. The highest BCUT2D eigenvalue weighted by atomic mass is 32.1.